The van der Waals surface area contributed by atoms with E-state index in [1.54, 1.807) is 0 Å². The number of hydrogen-bond donors (Lipinski definition) is 2. The maximum absolute atomic E-state index is 10.2. The van der Waals surface area contributed by atoms with E-state index in [4.69, 9.17) is 4.74 Å². The van der Waals surface area contributed by atoms with Crippen LogP contribution in [0.3, 0.4) is 0 Å². The summed E-state index contributed by atoms with van der Waals surface area (Å²) in [6.07, 6.45) is 0. The Morgan fingerprint density at radius 3 is 2.26 bits per heavy atom. The lowest BCUT2D eigenvalue weighted by Crippen LogP contribution is -2.56. The highest BCUT2D eigenvalue weighted by atomic mass is 16.5. The molecule has 3 rings (SSSR count). The highest BCUT2D eigenvalue weighted by Crippen LogP contribution is 2.27. The van der Waals surface area contributed by atoms with Crippen LogP contribution in [0.15, 0.2) is 54.6 Å². The zero-order valence-electron chi connectivity index (χ0n) is 10.7. The molecule has 0 bridgehead atoms. The van der Waals surface area contributed by atoms with Crippen LogP contribution in [0.4, 0.5) is 0 Å². The van der Waals surface area contributed by atoms with E-state index in [2.05, 4.69) is 5.32 Å². The quantitative estimate of drug-likeness (QED) is 0.878. The fourth-order valence-electron chi connectivity index (χ4n) is 2.17. The predicted octanol–water partition coefficient (Wildman–Crippen LogP) is 2.06. The second kappa shape index (κ2) is 5.03. The molecule has 0 aliphatic carbocycles. The molecule has 0 amide bonds. The maximum Gasteiger partial charge on any atom is 0.119 e. The minimum Gasteiger partial charge on any atom is -0.489 e. The molecule has 0 spiro atoms. The van der Waals surface area contributed by atoms with Crippen molar-refractivity contribution < 1.29 is 9.84 Å². The Morgan fingerprint density at radius 2 is 1.68 bits per heavy atom. The van der Waals surface area contributed by atoms with Gasteiger partial charge in [0, 0.05) is 13.1 Å². The minimum atomic E-state index is -0.696. The summed E-state index contributed by atoms with van der Waals surface area (Å²) < 4.78 is 5.71. The van der Waals surface area contributed by atoms with Crippen molar-refractivity contribution in [3.05, 3.63) is 65.7 Å². The van der Waals surface area contributed by atoms with E-state index in [1.807, 2.05) is 54.6 Å². The lowest BCUT2D eigenvalue weighted by atomic mass is 9.88. The van der Waals surface area contributed by atoms with E-state index in [0.29, 0.717) is 19.7 Å². The smallest absolute Gasteiger partial charge is 0.119 e. The highest BCUT2D eigenvalue weighted by molar-refractivity contribution is 5.33. The molecule has 1 heterocycles. The van der Waals surface area contributed by atoms with Crippen molar-refractivity contribution in [2.24, 2.45) is 0 Å². The number of benzene rings is 2. The number of ether oxygens (including phenoxy) is 1. The van der Waals surface area contributed by atoms with E-state index in [9.17, 15) is 5.11 Å². The van der Waals surface area contributed by atoms with Gasteiger partial charge in [0.2, 0.25) is 0 Å². The minimum absolute atomic E-state index is 0.562. The first kappa shape index (κ1) is 12.2. The molecule has 2 aromatic rings. The van der Waals surface area contributed by atoms with Crippen LogP contribution in [0, 0.1) is 0 Å². The molecule has 0 aromatic heterocycles. The fourth-order valence-corrected chi connectivity index (χ4v) is 2.17. The molecular formula is C16H17NO2. The van der Waals surface area contributed by atoms with Crippen LogP contribution in [0.1, 0.15) is 11.1 Å². The molecule has 0 radical (unpaired) electrons. The SMILES string of the molecule is OC1(c2ccc(OCc3ccccc3)cc2)CNC1. The molecule has 1 aliphatic heterocycles. The lowest BCUT2D eigenvalue weighted by Gasteiger charge is -2.38. The van der Waals surface area contributed by atoms with Gasteiger partial charge < -0.3 is 15.2 Å². The van der Waals surface area contributed by atoms with E-state index >= 15 is 0 Å². The monoisotopic (exact) mass is 255 g/mol. The third-order valence-electron chi connectivity index (χ3n) is 3.47. The Bertz CT molecular complexity index is 532. The Balaban J connectivity index is 1.63. The van der Waals surface area contributed by atoms with Gasteiger partial charge in [0.1, 0.15) is 18.0 Å². The molecule has 3 nitrogen and oxygen atoms in total. The average Bonchev–Trinajstić information content (AvgIpc) is 2.44. The predicted molar refractivity (Wildman–Crippen MR) is 74.0 cm³/mol. The molecule has 0 unspecified atom stereocenters. The molecular weight excluding hydrogens is 238 g/mol. The maximum atomic E-state index is 10.2. The molecule has 2 aromatic carbocycles. The Hall–Kier alpha value is -1.84. The van der Waals surface area contributed by atoms with E-state index < -0.39 is 5.60 Å². The summed E-state index contributed by atoms with van der Waals surface area (Å²) in [5, 5.41) is 13.3. The van der Waals surface area contributed by atoms with Crippen LogP contribution in [0.25, 0.3) is 0 Å². The van der Waals surface area contributed by atoms with Crippen LogP contribution in [0.2, 0.25) is 0 Å². The molecule has 0 atom stereocenters. The van der Waals surface area contributed by atoms with Crippen LogP contribution >= 0.6 is 0 Å². The van der Waals surface area contributed by atoms with E-state index in [-0.39, 0.29) is 0 Å². The molecule has 98 valence electrons. The van der Waals surface area contributed by atoms with Crippen LogP contribution < -0.4 is 10.1 Å². The number of rotatable bonds is 4. The molecule has 19 heavy (non-hydrogen) atoms. The normalized spacial score (nSPS) is 16.7. The van der Waals surface area contributed by atoms with Gasteiger partial charge in [-0.2, -0.15) is 0 Å². The van der Waals surface area contributed by atoms with Gasteiger partial charge in [-0.25, -0.2) is 0 Å². The summed E-state index contributed by atoms with van der Waals surface area (Å²) >= 11 is 0. The van der Waals surface area contributed by atoms with Gasteiger partial charge in [-0.3, -0.25) is 0 Å². The first-order valence-corrected chi connectivity index (χ1v) is 6.47. The van der Waals surface area contributed by atoms with Gasteiger partial charge in [0.15, 0.2) is 0 Å². The molecule has 0 saturated carbocycles. The van der Waals surface area contributed by atoms with Crippen LogP contribution in [0.5, 0.6) is 5.75 Å². The van der Waals surface area contributed by atoms with Gasteiger partial charge in [-0.05, 0) is 23.3 Å². The van der Waals surface area contributed by atoms with Crippen molar-refractivity contribution in [2.45, 2.75) is 12.2 Å². The zero-order valence-corrected chi connectivity index (χ0v) is 10.7. The molecule has 1 aliphatic rings. The third kappa shape index (κ3) is 2.62. The number of hydrogen-bond acceptors (Lipinski definition) is 3. The Labute approximate surface area is 112 Å². The number of nitrogens with one attached hydrogen (secondary N) is 1. The molecule has 2 N–H and O–H groups in total. The second-order valence-corrected chi connectivity index (χ2v) is 4.93. The second-order valence-electron chi connectivity index (χ2n) is 4.93. The van der Waals surface area contributed by atoms with Crippen molar-refractivity contribution in [1.29, 1.82) is 0 Å². The summed E-state index contributed by atoms with van der Waals surface area (Å²) in [5.41, 5.74) is 1.39. The van der Waals surface area contributed by atoms with Crippen molar-refractivity contribution in [3.63, 3.8) is 0 Å². The van der Waals surface area contributed by atoms with E-state index in [0.717, 1.165) is 16.9 Å². The van der Waals surface area contributed by atoms with Crippen LogP contribution in [-0.4, -0.2) is 18.2 Å². The van der Waals surface area contributed by atoms with Crippen molar-refractivity contribution >= 4 is 0 Å². The molecule has 1 fully saturated rings. The van der Waals surface area contributed by atoms with Gasteiger partial charge in [-0.15, -0.1) is 0 Å². The average molecular weight is 255 g/mol. The fraction of sp³-hybridized carbons (Fsp3) is 0.250. The summed E-state index contributed by atoms with van der Waals surface area (Å²) in [6, 6.07) is 17.8. The first-order valence-electron chi connectivity index (χ1n) is 6.47. The van der Waals surface area contributed by atoms with Gasteiger partial charge in [0.25, 0.3) is 0 Å². The Morgan fingerprint density at radius 1 is 1.00 bits per heavy atom. The molecule has 1 saturated heterocycles. The topological polar surface area (TPSA) is 41.5 Å². The lowest BCUT2D eigenvalue weighted by molar-refractivity contribution is -0.0146. The summed E-state index contributed by atoms with van der Waals surface area (Å²) in [6.45, 7) is 1.81. The number of β-amino-alcohol motifs (C(OH)–C–C–N with tert-alkyl or cyclic N) is 1. The third-order valence-corrected chi connectivity index (χ3v) is 3.47. The summed E-state index contributed by atoms with van der Waals surface area (Å²) in [5.74, 6) is 0.823. The number of aliphatic hydroxyl groups is 1. The van der Waals surface area contributed by atoms with Crippen molar-refractivity contribution in [2.75, 3.05) is 13.1 Å². The van der Waals surface area contributed by atoms with Crippen LogP contribution in [-0.2, 0) is 12.2 Å². The van der Waals surface area contributed by atoms with Gasteiger partial charge in [-0.1, -0.05) is 42.5 Å². The van der Waals surface area contributed by atoms with Gasteiger partial charge >= 0.3 is 0 Å². The standard InChI is InChI=1S/C16H17NO2/c18-16(11-17-12-16)14-6-8-15(9-7-14)19-10-13-4-2-1-3-5-13/h1-9,17-18H,10-12H2. The summed E-state index contributed by atoms with van der Waals surface area (Å²) in [7, 11) is 0. The van der Waals surface area contributed by atoms with E-state index in [1.165, 1.54) is 0 Å². The van der Waals surface area contributed by atoms with Crippen molar-refractivity contribution in [3.8, 4) is 5.75 Å². The van der Waals surface area contributed by atoms with Gasteiger partial charge in [0.05, 0.1) is 0 Å². The molecule has 3 heteroatoms. The Kier molecular flexibility index (Phi) is 3.23. The zero-order chi connectivity index (χ0) is 13.1. The largest absolute Gasteiger partial charge is 0.489 e. The first-order chi connectivity index (χ1) is 9.26. The van der Waals surface area contributed by atoms with Crippen molar-refractivity contribution in [1.82, 2.24) is 5.32 Å². The summed E-state index contributed by atoms with van der Waals surface area (Å²) in [4.78, 5) is 0. The highest BCUT2D eigenvalue weighted by Gasteiger charge is 2.35.